The Morgan fingerprint density at radius 2 is 2.19 bits per heavy atom. The van der Waals surface area contributed by atoms with E-state index < -0.39 is 0 Å². The molecular formula is C17H23N3O. The molecule has 3 rings (SSSR count). The van der Waals surface area contributed by atoms with Gasteiger partial charge in [0, 0.05) is 35.8 Å². The number of hydrogen-bond donors (Lipinski definition) is 1. The standard InChI is InChI=1S/C17H23N3O/c1-5-13(16-18-6-7-19-16)20-11(2)8-12-14(20)9-17(3,4)10-15(12)21/h6-8,13H,5,9-10H2,1-4H3,(H,18,19). The summed E-state index contributed by atoms with van der Waals surface area (Å²) in [5, 5.41) is 0. The second-order valence-corrected chi connectivity index (χ2v) is 6.86. The summed E-state index contributed by atoms with van der Waals surface area (Å²) in [4.78, 5) is 20.1. The predicted octanol–water partition coefficient (Wildman–Crippen LogP) is 3.67. The van der Waals surface area contributed by atoms with Crippen LogP contribution in [0.1, 0.15) is 67.2 Å². The zero-order chi connectivity index (χ0) is 15.2. The van der Waals surface area contributed by atoms with Crippen molar-refractivity contribution in [2.45, 2.75) is 53.0 Å². The van der Waals surface area contributed by atoms with Crippen LogP contribution < -0.4 is 0 Å². The molecule has 0 amide bonds. The van der Waals surface area contributed by atoms with Gasteiger partial charge in [0.1, 0.15) is 5.82 Å². The van der Waals surface area contributed by atoms with E-state index >= 15 is 0 Å². The Labute approximate surface area is 125 Å². The largest absolute Gasteiger partial charge is 0.347 e. The number of aromatic nitrogens is 3. The van der Waals surface area contributed by atoms with Crippen LogP contribution in [-0.4, -0.2) is 20.3 Å². The van der Waals surface area contributed by atoms with Crippen molar-refractivity contribution in [2.24, 2.45) is 5.41 Å². The smallest absolute Gasteiger partial charge is 0.165 e. The van der Waals surface area contributed by atoms with Gasteiger partial charge in [-0.1, -0.05) is 20.8 Å². The number of imidazole rings is 1. The lowest BCUT2D eigenvalue weighted by molar-refractivity contribution is 0.0909. The molecule has 4 nitrogen and oxygen atoms in total. The normalized spacial score (nSPS) is 18.6. The van der Waals surface area contributed by atoms with E-state index in [-0.39, 0.29) is 17.2 Å². The Bertz CT molecular complexity index is 665. The van der Waals surface area contributed by atoms with Crippen molar-refractivity contribution in [3.63, 3.8) is 0 Å². The zero-order valence-corrected chi connectivity index (χ0v) is 13.2. The highest BCUT2D eigenvalue weighted by atomic mass is 16.1. The summed E-state index contributed by atoms with van der Waals surface area (Å²) >= 11 is 0. The van der Waals surface area contributed by atoms with E-state index in [0.717, 1.165) is 29.9 Å². The molecule has 1 aliphatic rings. The lowest BCUT2D eigenvalue weighted by Crippen LogP contribution is -2.29. The number of aryl methyl sites for hydroxylation is 1. The van der Waals surface area contributed by atoms with Crippen LogP contribution in [0.2, 0.25) is 0 Å². The summed E-state index contributed by atoms with van der Waals surface area (Å²) in [5.74, 6) is 1.24. The molecule has 1 aliphatic carbocycles. The van der Waals surface area contributed by atoms with Crippen molar-refractivity contribution in [3.05, 3.63) is 41.2 Å². The van der Waals surface area contributed by atoms with Crippen molar-refractivity contribution < 1.29 is 4.79 Å². The molecule has 0 saturated carbocycles. The summed E-state index contributed by atoms with van der Waals surface area (Å²) in [6.07, 6.45) is 6.18. The van der Waals surface area contributed by atoms with Crippen molar-refractivity contribution in [3.8, 4) is 0 Å². The summed E-state index contributed by atoms with van der Waals surface area (Å²) in [6, 6.07) is 2.23. The second kappa shape index (κ2) is 4.86. The molecule has 112 valence electrons. The number of hydrogen-bond acceptors (Lipinski definition) is 2. The fourth-order valence-electron chi connectivity index (χ4n) is 3.56. The Kier molecular flexibility index (Phi) is 3.27. The van der Waals surface area contributed by atoms with Crippen LogP contribution in [0.4, 0.5) is 0 Å². The molecule has 0 spiro atoms. The highest BCUT2D eigenvalue weighted by Gasteiger charge is 2.35. The van der Waals surface area contributed by atoms with E-state index in [1.807, 2.05) is 6.20 Å². The summed E-state index contributed by atoms with van der Waals surface area (Å²) in [5.41, 5.74) is 3.27. The van der Waals surface area contributed by atoms with Gasteiger partial charge >= 0.3 is 0 Å². The van der Waals surface area contributed by atoms with Crippen LogP contribution in [0, 0.1) is 12.3 Å². The number of aromatic amines is 1. The second-order valence-electron chi connectivity index (χ2n) is 6.86. The molecule has 0 radical (unpaired) electrons. The molecule has 0 bridgehead atoms. The highest BCUT2D eigenvalue weighted by molar-refractivity contribution is 5.99. The fourth-order valence-corrected chi connectivity index (χ4v) is 3.56. The topological polar surface area (TPSA) is 50.7 Å². The van der Waals surface area contributed by atoms with E-state index in [2.05, 4.69) is 48.3 Å². The maximum absolute atomic E-state index is 12.4. The van der Waals surface area contributed by atoms with Crippen LogP contribution in [0.25, 0.3) is 0 Å². The predicted molar refractivity (Wildman–Crippen MR) is 82.6 cm³/mol. The number of nitrogens with zero attached hydrogens (tertiary/aromatic N) is 2. The summed E-state index contributed by atoms with van der Waals surface area (Å²) < 4.78 is 2.31. The first-order valence-electron chi connectivity index (χ1n) is 7.66. The Morgan fingerprint density at radius 3 is 2.81 bits per heavy atom. The number of carbonyl (C=O) groups excluding carboxylic acids is 1. The van der Waals surface area contributed by atoms with Crippen LogP contribution in [0.5, 0.6) is 0 Å². The van der Waals surface area contributed by atoms with Crippen LogP contribution >= 0.6 is 0 Å². The van der Waals surface area contributed by atoms with Gasteiger partial charge in [0.05, 0.1) is 6.04 Å². The monoisotopic (exact) mass is 285 g/mol. The Balaban J connectivity index is 2.14. The van der Waals surface area contributed by atoms with Crippen molar-refractivity contribution >= 4 is 5.78 Å². The molecule has 2 heterocycles. The van der Waals surface area contributed by atoms with Gasteiger partial charge < -0.3 is 9.55 Å². The van der Waals surface area contributed by atoms with E-state index in [1.54, 1.807) is 6.20 Å². The van der Waals surface area contributed by atoms with Crippen molar-refractivity contribution in [1.82, 2.24) is 14.5 Å². The van der Waals surface area contributed by atoms with Gasteiger partial charge in [-0.3, -0.25) is 4.79 Å². The summed E-state index contributed by atoms with van der Waals surface area (Å²) in [7, 11) is 0. The molecule has 0 aliphatic heterocycles. The molecule has 1 N–H and O–H groups in total. The quantitative estimate of drug-likeness (QED) is 0.935. The Morgan fingerprint density at radius 1 is 1.43 bits per heavy atom. The van der Waals surface area contributed by atoms with Gasteiger partial charge in [0.25, 0.3) is 0 Å². The zero-order valence-electron chi connectivity index (χ0n) is 13.2. The van der Waals surface area contributed by atoms with Crippen molar-refractivity contribution in [2.75, 3.05) is 0 Å². The third-order valence-electron chi connectivity index (χ3n) is 4.45. The molecule has 1 unspecified atom stereocenters. The number of carbonyl (C=O) groups is 1. The lowest BCUT2D eigenvalue weighted by atomic mass is 9.76. The minimum atomic E-state index is 0.0358. The fraction of sp³-hybridized carbons (Fsp3) is 0.529. The highest BCUT2D eigenvalue weighted by Crippen LogP contribution is 2.38. The molecular weight excluding hydrogens is 262 g/mol. The van der Waals surface area contributed by atoms with Crippen LogP contribution in [0.15, 0.2) is 18.5 Å². The minimum Gasteiger partial charge on any atom is -0.347 e. The molecule has 0 aromatic carbocycles. The van der Waals surface area contributed by atoms with Gasteiger partial charge in [-0.05, 0) is 31.2 Å². The lowest BCUT2D eigenvalue weighted by Gasteiger charge is -2.31. The number of Topliss-reactive ketones (excluding diaryl/α,β-unsaturated/α-hetero) is 1. The summed E-state index contributed by atoms with van der Waals surface area (Å²) in [6.45, 7) is 8.60. The maximum atomic E-state index is 12.4. The van der Waals surface area contributed by atoms with Crippen LogP contribution in [0.3, 0.4) is 0 Å². The van der Waals surface area contributed by atoms with E-state index in [0.29, 0.717) is 6.42 Å². The first-order valence-corrected chi connectivity index (χ1v) is 7.66. The third kappa shape index (κ3) is 2.33. The van der Waals surface area contributed by atoms with Gasteiger partial charge in [-0.25, -0.2) is 4.98 Å². The number of H-pyrrole nitrogens is 1. The van der Waals surface area contributed by atoms with Gasteiger partial charge in [-0.2, -0.15) is 0 Å². The average molecular weight is 285 g/mol. The molecule has 2 aromatic rings. The number of nitrogens with one attached hydrogen (secondary N) is 1. The minimum absolute atomic E-state index is 0.0358. The van der Waals surface area contributed by atoms with Crippen molar-refractivity contribution in [1.29, 1.82) is 0 Å². The SMILES string of the molecule is CCC(c1ncc[nH]1)n1c(C)cc2c1CC(C)(C)CC2=O. The third-order valence-corrected chi connectivity index (χ3v) is 4.45. The maximum Gasteiger partial charge on any atom is 0.165 e. The molecule has 4 heteroatoms. The first kappa shape index (κ1) is 14.1. The molecule has 21 heavy (non-hydrogen) atoms. The number of ketones is 1. The van der Waals surface area contributed by atoms with E-state index in [9.17, 15) is 4.79 Å². The van der Waals surface area contributed by atoms with Gasteiger partial charge in [0.2, 0.25) is 0 Å². The Hall–Kier alpha value is -1.84. The molecule has 1 atom stereocenters. The van der Waals surface area contributed by atoms with E-state index in [4.69, 9.17) is 0 Å². The van der Waals surface area contributed by atoms with E-state index in [1.165, 1.54) is 5.69 Å². The molecule has 0 fully saturated rings. The number of fused-ring (bicyclic) bond motifs is 1. The first-order chi connectivity index (χ1) is 9.93. The molecule has 2 aromatic heterocycles. The van der Waals surface area contributed by atoms with Crippen LogP contribution in [-0.2, 0) is 6.42 Å². The average Bonchev–Trinajstić information content (AvgIpc) is 3.00. The number of rotatable bonds is 3. The van der Waals surface area contributed by atoms with Gasteiger partial charge in [0.15, 0.2) is 5.78 Å². The molecule has 0 saturated heterocycles. The van der Waals surface area contributed by atoms with Gasteiger partial charge in [-0.15, -0.1) is 0 Å².